The van der Waals surface area contributed by atoms with Crippen LogP contribution in [0.2, 0.25) is 0 Å². The standard InChI is InChI=1S/C17H28N4/c1-13-6-7-15(11-14(13)2)20-16-5-3-10-21(12-16)17-18-8-4-9-19-17/h4,8-9,13-16,20H,3,5-7,10-12H2,1-2H3. The van der Waals surface area contributed by atoms with Crippen molar-refractivity contribution in [2.45, 2.75) is 58.0 Å². The van der Waals surface area contributed by atoms with Crippen LogP contribution in [-0.4, -0.2) is 35.1 Å². The van der Waals surface area contributed by atoms with E-state index in [2.05, 4.69) is 34.0 Å². The minimum atomic E-state index is 0.591. The Morgan fingerprint density at radius 3 is 2.62 bits per heavy atom. The highest BCUT2D eigenvalue weighted by Crippen LogP contribution is 2.30. The van der Waals surface area contributed by atoms with Crippen LogP contribution in [0.5, 0.6) is 0 Å². The third kappa shape index (κ3) is 3.73. The van der Waals surface area contributed by atoms with Crippen LogP contribution in [-0.2, 0) is 0 Å². The molecule has 1 aromatic rings. The molecule has 1 saturated heterocycles. The van der Waals surface area contributed by atoms with Gasteiger partial charge in [-0.1, -0.05) is 13.8 Å². The smallest absolute Gasteiger partial charge is 0.225 e. The molecule has 1 aromatic heterocycles. The highest BCUT2D eigenvalue weighted by molar-refractivity contribution is 5.29. The zero-order chi connectivity index (χ0) is 14.7. The van der Waals surface area contributed by atoms with Gasteiger partial charge in [0.05, 0.1) is 0 Å². The van der Waals surface area contributed by atoms with Crippen molar-refractivity contribution in [2.75, 3.05) is 18.0 Å². The number of piperidine rings is 1. The first-order chi connectivity index (χ1) is 10.2. The van der Waals surface area contributed by atoms with Gasteiger partial charge in [0.25, 0.3) is 0 Å². The SMILES string of the molecule is CC1CCC(NC2CCCN(c3ncccn3)C2)CC1C. The van der Waals surface area contributed by atoms with Crippen molar-refractivity contribution in [3.63, 3.8) is 0 Å². The molecular formula is C17H28N4. The zero-order valence-electron chi connectivity index (χ0n) is 13.3. The molecule has 21 heavy (non-hydrogen) atoms. The van der Waals surface area contributed by atoms with E-state index in [9.17, 15) is 0 Å². The third-order valence-corrected chi connectivity index (χ3v) is 5.33. The van der Waals surface area contributed by atoms with Gasteiger partial charge in [0.15, 0.2) is 0 Å². The summed E-state index contributed by atoms with van der Waals surface area (Å²) in [4.78, 5) is 11.1. The fourth-order valence-electron chi connectivity index (χ4n) is 3.78. The van der Waals surface area contributed by atoms with Crippen LogP contribution in [0.25, 0.3) is 0 Å². The molecule has 0 aromatic carbocycles. The Balaban J connectivity index is 1.54. The minimum Gasteiger partial charge on any atom is -0.339 e. The average Bonchev–Trinajstić information content (AvgIpc) is 2.52. The second-order valence-corrected chi connectivity index (χ2v) is 6.97. The molecule has 2 aliphatic rings. The van der Waals surface area contributed by atoms with E-state index in [1.54, 1.807) is 0 Å². The maximum Gasteiger partial charge on any atom is 0.225 e. The van der Waals surface area contributed by atoms with Crippen LogP contribution in [0.3, 0.4) is 0 Å². The van der Waals surface area contributed by atoms with Crippen molar-refractivity contribution in [3.8, 4) is 0 Å². The first-order valence-electron chi connectivity index (χ1n) is 8.50. The molecule has 4 atom stereocenters. The van der Waals surface area contributed by atoms with Crippen LogP contribution in [0, 0.1) is 11.8 Å². The van der Waals surface area contributed by atoms with Gasteiger partial charge in [0, 0.05) is 37.6 Å². The summed E-state index contributed by atoms with van der Waals surface area (Å²) in [5.74, 6) is 2.63. The van der Waals surface area contributed by atoms with E-state index in [0.717, 1.165) is 30.9 Å². The summed E-state index contributed by atoms with van der Waals surface area (Å²) < 4.78 is 0. The number of hydrogen-bond acceptors (Lipinski definition) is 4. The lowest BCUT2D eigenvalue weighted by molar-refractivity contribution is 0.209. The molecule has 0 amide bonds. The Morgan fingerprint density at radius 1 is 1.05 bits per heavy atom. The lowest BCUT2D eigenvalue weighted by Gasteiger charge is -2.38. The van der Waals surface area contributed by atoms with Crippen molar-refractivity contribution in [1.82, 2.24) is 15.3 Å². The van der Waals surface area contributed by atoms with E-state index < -0.39 is 0 Å². The molecule has 0 bridgehead atoms. The van der Waals surface area contributed by atoms with Crippen LogP contribution in [0.1, 0.15) is 46.0 Å². The molecule has 1 aliphatic carbocycles. The van der Waals surface area contributed by atoms with Crippen molar-refractivity contribution in [2.24, 2.45) is 11.8 Å². The van der Waals surface area contributed by atoms with E-state index in [-0.39, 0.29) is 0 Å². The summed E-state index contributed by atoms with van der Waals surface area (Å²) in [6.45, 7) is 6.93. The number of anilines is 1. The normalized spacial score (nSPS) is 33.9. The molecule has 4 heteroatoms. The van der Waals surface area contributed by atoms with Gasteiger partial charge in [-0.05, 0) is 50.0 Å². The van der Waals surface area contributed by atoms with Gasteiger partial charge in [-0.3, -0.25) is 0 Å². The lowest BCUT2D eigenvalue weighted by Crippen LogP contribution is -2.51. The molecule has 4 unspecified atom stereocenters. The Hall–Kier alpha value is -1.16. The predicted octanol–water partition coefficient (Wildman–Crippen LogP) is 2.86. The summed E-state index contributed by atoms with van der Waals surface area (Å²) in [5, 5.41) is 3.91. The van der Waals surface area contributed by atoms with Gasteiger partial charge in [-0.2, -0.15) is 0 Å². The largest absolute Gasteiger partial charge is 0.339 e. The minimum absolute atomic E-state index is 0.591. The zero-order valence-corrected chi connectivity index (χ0v) is 13.3. The maximum absolute atomic E-state index is 4.39. The number of hydrogen-bond donors (Lipinski definition) is 1. The topological polar surface area (TPSA) is 41.0 Å². The lowest BCUT2D eigenvalue weighted by atomic mass is 9.79. The fourth-order valence-corrected chi connectivity index (χ4v) is 3.78. The fraction of sp³-hybridized carbons (Fsp3) is 0.765. The molecule has 1 aliphatic heterocycles. The van der Waals surface area contributed by atoms with Gasteiger partial charge >= 0.3 is 0 Å². The highest BCUT2D eigenvalue weighted by Gasteiger charge is 2.28. The van der Waals surface area contributed by atoms with E-state index in [1.165, 1.54) is 32.1 Å². The van der Waals surface area contributed by atoms with Gasteiger partial charge in [0.2, 0.25) is 5.95 Å². The molecule has 116 valence electrons. The molecule has 1 saturated carbocycles. The van der Waals surface area contributed by atoms with Crippen molar-refractivity contribution in [1.29, 1.82) is 0 Å². The van der Waals surface area contributed by atoms with Crippen LogP contribution in [0.4, 0.5) is 5.95 Å². The monoisotopic (exact) mass is 288 g/mol. The Bertz CT molecular complexity index is 436. The van der Waals surface area contributed by atoms with Crippen molar-refractivity contribution in [3.05, 3.63) is 18.5 Å². The van der Waals surface area contributed by atoms with E-state index in [4.69, 9.17) is 0 Å². The summed E-state index contributed by atoms with van der Waals surface area (Å²) in [5.41, 5.74) is 0. The molecule has 3 rings (SSSR count). The summed E-state index contributed by atoms with van der Waals surface area (Å²) >= 11 is 0. The highest BCUT2D eigenvalue weighted by atomic mass is 15.3. The van der Waals surface area contributed by atoms with Gasteiger partial charge in [-0.15, -0.1) is 0 Å². The maximum atomic E-state index is 4.39. The van der Waals surface area contributed by atoms with Crippen molar-refractivity contribution < 1.29 is 0 Å². The first-order valence-corrected chi connectivity index (χ1v) is 8.50. The first kappa shape index (κ1) is 14.8. The Morgan fingerprint density at radius 2 is 1.86 bits per heavy atom. The summed E-state index contributed by atoms with van der Waals surface area (Å²) in [6, 6.07) is 3.18. The molecule has 4 nitrogen and oxygen atoms in total. The van der Waals surface area contributed by atoms with E-state index in [1.807, 2.05) is 18.5 Å². The third-order valence-electron chi connectivity index (χ3n) is 5.33. The Kier molecular flexibility index (Phi) is 4.73. The quantitative estimate of drug-likeness (QED) is 0.928. The molecule has 2 fully saturated rings. The average molecular weight is 288 g/mol. The summed E-state index contributed by atoms with van der Waals surface area (Å²) in [7, 11) is 0. The van der Waals surface area contributed by atoms with Gasteiger partial charge in [0.1, 0.15) is 0 Å². The number of rotatable bonds is 3. The number of aromatic nitrogens is 2. The molecule has 2 heterocycles. The summed E-state index contributed by atoms with van der Waals surface area (Å²) in [6.07, 6.45) is 10.2. The van der Waals surface area contributed by atoms with Gasteiger partial charge < -0.3 is 10.2 Å². The molecule has 0 radical (unpaired) electrons. The van der Waals surface area contributed by atoms with Gasteiger partial charge in [-0.25, -0.2) is 9.97 Å². The van der Waals surface area contributed by atoms with E-state index in [0.29, 0.717) is 12.1 Å². The van der Waals surface area contributed by atoms with Crippen molar-refractivity contribution >= 4 is 5.95 Å². The van der Waals surface area contributed by atoms with Crippen LogP contribution in [0.15, 0.2) is 18.5 Å². The number of nitrogens with zero attached hydrogens (tertiary/aromatic N) is 3. The molecule has 1 N–H and O–H groups in total. The Labute approximate surface area is 128 Å². The van der Waals surface area contributed by atoms with E-state index >= 15 is 0 Å². The van der Waals surface area contributed by atoms with Crippen LogP contribution >= 0.6 is 0 Å². The second kappa shape index (κ2) is 6.73. The predicted molar refractivity (Wildman–Crippen MR) is 86.4 cm³/mol. The van der Waals surface area contributed by atoms with Crippen LogP contribution < -0.4 is 10.2 Å². The second-order valence-electron chi connectivity index (χ2n) is 6.97. The molecule has 0 spiro atoms. The number of nitrogens with one attached hydrogen (secondary N) is 1. The molecular weight excluding hydrogens is 260 g/mol.